The van der Waals surface area contributed by atoms with E-state index in [1.165, 1.54) is 0 Å². The minimum atomic E-state index is -0.268. The normalized spacial score (nSPS) is 11.5. The number of nitrogens with one attached hydrogen (secondary N) is 1. The SMILES string of the molecule is Cc1cccc(NC(=O)C(C)CC#N)c1. The first-order valence-electron chi connectivity index (χ1n) is 4.88. The van der Waals surface area contributed by atoms with Gasteiger partial charge in [0.1, 0.15) is 0 Å². The lowest BCUT2D eigenvalue weighted by Crippen LogP contribution is -2.19. The molecule has 1 aromatic carbocycles. The predicted octanol–water partition coefficient (Wildman–Crippen LogP) is 2.48. The van der Waals surface area contributed by atoms with Crippen LogP contribution in [0.5, 0.6) is 0 Å². The number of benzene rings is 1. The largest absolute Gasteiger partial charge is 0.326 e. The average molecular weight is 202 g/mol. The van der Waals surface area contributed by atoms with Gasteiger partial charge in [0.05, 0.1) is 6.07 Å². The van der Waals surface area contributed by atoms with Gasteiger partial charge in [0.15, 0.2) is 0 Å². The molecule has 15 heavy (non-hydrogen) atoms. The fraction of sp³-hybridized carbons (Fsp3) is 0.333. The summed E-state index contributed by atoms with van der Waals surface area (Å²) in [5.41, 5.74) is 1.88. The molecule has 3 heteroatoms. The average Bonchev–Trinajstić information content (AvgIpc) is 2.18. The van der Waals surface area contributed by atoms with Crippen molar-refractivity contribution in [2.24, 2.45) is 5.92 Å². The highest BCUT2D eigenvalue weighted by Crippen LogP contribution is 2.11. The van der Waals surface area contributed by atoms with Gasteiger partial charge in [-0.05, 0) is 24.6 Å². The molecule has 0 saturated heterocycles. The Bertz CT molecular complexity index is 393. The first-order chi connectivity index (χ1) is 7.13. The smallest absolute Gasteiger partial charge is 0.228 e. The Balaban J connectivity index is 2.63. The zero-order chi connectivity index (χ0) is 11.3. The van der Waals surface area contributed by atoms with E-state index in [0.29, 0.717) is 0 Å². The van der Waals surface area contributed by atoms with E-state index < -0.39 is 0 Å². The molecule has 0 heterocycles. The van der Waals surface area contributed by atoms with E-state index in [-0.39, 0.29) is 18.2 Å². The molecular formula is C12H14N2O. The lowest BCUT2D eigenvalue weighted by molar-refractivity contribution is -0.119. The molecule has 0 radical (unpaired) electrons. The van der Waals surface area contributed by atoms with E-state index in [2.05, 4.69) is 5.32 Å². The molecule has 3 nitrogen and oxygen atoms in total. The van der Waals surface area contributed by atoms with E-state index >= 15 is 0 Å². The maximum atomic E-state index is 11.6. The molecular weight excluding hydrogens is 188 g/mol. The Morgan fingerprint density at radius 1 is 1.60 bits per heavy atom. The number of carbonyl (C=O) groups excluding carboxylic acids is 1. The fourth-order valence-corrected chi connectivity index (χ4v) is 1.22. The lowest BCUT2D eigenvalue weighted by Gasteiger charge is -2.09. The van der Waals surface area contributed by atoms with Crippen LogP contribution in [0.1, 0.15) is 18.9 Å². The number of hydrogen-bond donors (Lipinski definition) is 1. The predicted molar refractivity (Wildman–Crippen MR) is 59.2 cm³/mol. The number of carbonyl (C=O) groups is 1. The van der Waals surface area contributed by atoms with Crippen molar-refractivity contribution in [1.82, 2.24) is 0 Å². The zero-order valence-corrected chi connectivity index (χ0v) is 8.95. The van der Waals surface area contributed by atoms with Crippen molar-refractivity contribution < 1.29 is 4.79 Å². The molecule has 0 fully saturated rings. The third-order valence-corrected chi connectivity index (χ3v) is 2.13. The van der Waals surface area contributed by atoms with Gasteiger partial charge in [0.25, 0.3) is 0 Å². The summed E-state index contributed by atoms with van der Waals surface area (Å²) in [5.74, 6) is -0.377. The van der Waals surface area contributed by atoms with Crippen LogP contribution in [0.3, 0.4) is 0 Å². The number of hydrogen-bond acceptors (Lipinski definition) is 2. The van der Waals surface area contributed by atoms with Crippen molar-refractivity contribution in [2.75, 3.05) is 5.32 Å². The van der Waals surface area contributed by atoms with Crippen LogP contribution in [0, 0.1) is 24.2 Å². The summed E-state index contributed by atoms with van der Waals surface area (Å²) in [7, 11) is 0. The van der Waals surface area contributed by atoms with Crippen molar-refractivity contribution in [2.45, 2.75) is 20.3 Å². The van der Waals surface area contributed by atoms with Crippen LogP contribution in [0.2, 0.25) is 0 Å². The number of aryl methyl sites for hydroxylation is 1. The lowest BCUT2D eigenvalue weighted by atomic mass is 10.1. The number of amides is 1. The first-order valence-corrected chi connectivity index (χ1v) is 4.88. The van der Waals surface area contributed by atoms with Crippen LogP contribution in [0.25, 0.3) is 0 Å². The molecule has 1 aromatic rings. The van der Waals surface area contributed by atoms with Gasteiger partial charge in [-0.15, -0.1) is 0 Å². The summed E-state index contributed by atoms with van der Waals surface area (Å²) >= 11 is 0. The Morgan fingerprint density at radius 3 is 2.93 bits per heavy atom. The fourth-order valence-electron chi connectivity index (χ4n) is 1.22. The second kappa shape index (κ2) is 5.16. The molecule has 1 atom stereocenters. The summed E-state index contributed by atoms with van der Waals surface area (Å²) in [5, 5.41) is 11.2. The molecule has 0 aliphatic rings. The highest BCUT2D eigenvalue weighted by atomic mass is 16.1. The second-order valence-electron chi connectivity index (χ2n) is 3.62. The Labute approximate surface area is 89.7 Å². The molecule has 0 saturated carbocycles. The van der Waals surface area contributed by atoms with E-state index in [4.69, 9.17) is 5.26 Å². The van der Waals surface area contributed by atoms with Gasteiger partial charge in [-0.25, -0.2) is 0 Å². The third-order valence-electron chi connectivity index (χ3n) is 2.13. The first kappa shape index (κ1) is 11.3. The van der Waals surface area contributed by atoms with E-state index in [0.717, 1.165) is 11.3 Å². The van der Waals surface area contributed by atoms with Gasteiger partial charge in [-0.3, -0.25) is 4.79 Å². The molecule has 1 amide bonds. The highest BCUT2D eigenvalue weighted by Gasteiger charge is 2.11. The molecule has 78 valence electrons. The summed E-state index contributed by atoms with van der Waals surface area (Å²) in [4.78, 5) is 11.6. The van der Waals surface area contributed by atoms with Crippen LogP contribution in [0.15, 0.2) is 24.3 Å². The van der Waals surface area contributed by atoms with E-state index in [9.17, 15) is 4.79 Å². The molecule has 1 rings (SSSR count). The maximum absolute atomic E-state index is 11.6. The molecule has 0 aliphatic heterocycles. The van der Waals surface area contributed by atoms with Gasteiger partial charge in [-0.2, -0.15) is 5.26 Å². The summed E-state index contributed by atoms with van der Waals surface area (Å²) in [6.45, 7) is 3.71. The van der Waals surface area contributed by atoms with Gasteiger partial charge in [-0.1, -0.05) is 19.1 Å². The minimum absolute atomic E-state index is 0.109. The van der Waals surface area contributed by atoms with Gasteiger partial charge < -0.3 is 5.32 Å². The zero-order valence-electron chi connectivity index (χ0n) is 8.95. The molecule has 1 unspecified atom stereocenters. The van der Waals surface area contributed by atoms with Crippen LogP contribution in [0.4, 0.5) is 5.69 Å². The summed E-state index contributed by atoms with van der Waals surface area (Å²) < 4.78 is 0. The highest BCUT2D eigenvalue weighted by molar-refractivity contribution is 5.92. The van der Waals surface area contributed by atoms with Crippen molar-refractivity contribution in [1.29, 1.82) is 5.26 Å². The van der Waals surface area contributed by atoms with Gasteiger partial charge in [0.2, 0.25) is 5.91 Å². The van der Waals surface area contributed by atoms with Gasteiger partial charge in [0, 0.05) is 18.0 Å². The van der Waals surface area contributed by atoms with E-state index in [1.807, 2.05) is 37.3 Å². The standard InChI is InChI=1S/C12H14N2O/c1-9-4-3-5-11(8-9)14-12(15)10(2)6-7-13/h3-5,8,10H,6H2,1-2H3,(H,14,15). The van der Waals surface area contributed by atoms with Crippen LogP contribution in [-0.4, -0.2) is 5.91 Å². The maximum Gasteiger partial charge on any atom is 0.228 e. The number of rotatable bonds is 3. The number of anilines is 1. The summed E-state index contributed by atoms with van der Waals surface area (Å²) in [6, 6.07) is 9.58. The minimum Gasteiger partial charge on any atom is -0.326 e. The molecule has 0 aliphatic carbocycles. The number of nitriles is 1. The second-order valence-corrected chi connectivity index (χ2v) is 3.62. The Kier molecular flexibility index (Phi) is 3.87. The van der Waals surface area contributed by atoms with Crippen LogP contribution in [-0.2, 0) is 4.79 Å². The van der Waals surface area contributed by atoms with Crippen LogP contribution < -0.4 is 5.32 Å². The third kappa shape index (κ3) is 3.43. The van der Waals surface area contributed by atoms with Gasteiger partial charge >= 0.3 is 0 Å². The topological polar surface area (TPSA) is 52.9 Å². The molecule has 0 aromatic heterocycles. The Hall–Kier alpha value is -1.82. The molecule has 0 bridgehead atoms. The van der Waals surface area contributed by atoms with E-state index in [1.54, 1.807) is 6.92 Å². The monoisotopic (exact) mass is 202 g/mol. The molecule has 0 spiro atoms. The summed E-state index contributed by atoms with van der Waals surface area (Å²) in [6.07, 6.45) is 0.248. The van der Waals surface area contributed by atoms with Crippen molar-refractivity contribution >= 4 is 11.6 Å². The molecule has 1 N–H and O–H groups in total. The Morgan fingerprint density at radius 2 is 2.33 bits per heavy atom. The number of nitrogens with zero attached hydrogens (tertiary/aromatic N) is 1. The quantitative estimate of drug-likeness (QED) is 0.818. The van der Waals surface area contributed by atoms with Crippen molar-refractivity contribution in [3.05, 3.63) is 29.8 Å². The van der Waals surface area contributed by atoms with Crippen molar-refractivity contribution in [3.63, 3.8) is 0 Å². The van der Waals surface area contributed by atoms with Crippen molar-refractivity contribution in [3.8, 4) is 6.07 Å². The van der Waals surface area contributed by atoms with Crippen LogP contribution >= 0.6 is 0 Å².